The van der Waals surface area contributed by atoms with Crippen molar-refractivity contribution in [2.24, 2.45) is 5.92 Å². The normalized spacial score (nSPS) is 41.2. The summed E-state index contributed by atoms with van der Waals surface area (Å²) in [6.07, 6.45) is 7.38. The van der Waals surface area contributed by atoms with Gasteiger partial charge in [0.1, 0.15) is 0 Å². The number of aliphatic hydroxyl groups excluding tert-OH is 1. The van der Waals surface area contributed by atoms with Crippen molar-refractivity contribution in [2.45, 2.75) is 56.8 Å². The van der Waals surface area contributed by atoms with Crippen molar-refractivity contribution in [3.63, 3.8) is 0 Å². The molecule has 2 aliphatic rings. The number of nitrogens with one attached hydrogen (secondary N) is 1. The first-order chi connectivity index (χ1) is 7.28. The van der Waals surface area contributed by atoms with E-state index in [4.69, 9.17) is 4.74 Å². The molecule has 0 saturated heterocycles. The van der Waals surface area contributed by atoms with Gasteiger partial charge in [-0.05, 0) is 51.0 Å². The van der Waals surface area contributed by atoms with Gasteiger partial charge in [-0.15, -0.1) is 0 Å². The van der Waals surface area contributed by atoms with Gasteiger partial charge in [-0.2, -0.15) is 0 Å². The molecule has 2 N–H and O–H groups in total. The predicted molar refractivity (Wildman–Crippen MR) is 59.8 cm³/mol. The minimum Gasteiger partial charge on any atom is -0.393 e. The van der Waals surface area contributed by atoms with Crippen LogP contribution in [0.15, 0.2) is 0 Å². The topological polar surface area (TPSA) is 41.5 Å². The van der Waals surface area contributed by atoms with Crippen LogP contribution in [-0.2, 0) is 4.74 Å². The van der Waals surface area contributed by atoms with Crippen LogP contribution in [-0.4, -0.2) is 37.0 Å². The fraction of sp³-hybridized carbons (Fsp3) is 1.00. The molecule has 0 aromatic heterocycles. The van der Waals surface area contributed by atoms with Crippen LogP contribution in [0.25, 0.3) is 0 Å². The van der Waals surface area contributed by atoms with Crippen molar-refractivity contribution in [2.75, 3.05) is 13.7 Å². The fourth-order valence-corrected chi connectivity index (χ4v) is 2.74. The van der Waals surface area contributed by atoms with Gasteiger partial charge in [0.15, 0.2) is 0 Å². The summed E-state index contributed by atoms with van der Waals surface area (Å²) in [7, 11) is 1.81. The second-order valence-electron chi connectivity index (χ2n) is 5.12. The molecular formula is C12H23NO2. The smallest absolute Gasteiger partial charge is 0.0586 e. The highest BCUT2D eigenvalue weighted by Crippen LogP contribution is 2.27. The average molecular weight is 213 g/mol. The summed E-state index contributed by atoms with van der Waals surface area (Å²) in [4.78, 5) is 0. The molecule has 0 radical (unpaired) electrons. The Morgan fingerprint density at radius 1 is 1.27 bits per heavy atom. The number of hydrogen-bond donors (Lipinski definition) is 2. The third-order valence-electron chi connectivity index (χ3n) is 3.87. The van der Waals surface area contributed by atoms with E-state index in [-0.39, 0.29) is 6.10 Å². The van der Waals surface area contributed by atoms with Crippen molar-refractivity contribution < 1.29 is 9.84 Å². The first-order valence-corrected chi connectivity index (χ1v) is 6.22. The van der Waals surface area contributed by atoms with Crippen molar-refractivity contribution in [1.29, 1.82) is 0 Å². The van der Waals surface area contributed by atoms with Gasteiger partial charge in [-0.1, -0.05) is 0 Å². The Bertz CT molecular complexity index is 192. The lowest BCUT2D eigenvalue weighted by Crippen LogP contribution is -2.43. The van der Waals surface area contributed by atoms with E-state index in [9.17, 15) is 5.11 Å². The fourth-order valence-electron chi connectivity index (χ4n) is 2.74. The molecule has 2 atom stereocenters. The van der Waals surface area contributed by atoms with E-state index >= 15 is 0 Å². The summed E-state index contributed by atoms with van der Waals surface area (Å²) in [5.74, 6) is 0.711. The van der Waals surface area contributed by atoms with Crippen LogP contribution in [0, 0.1) is 5.92 Å². The summed E-state index contributed by atoms with van der Waals surface area (Å²) < 4.78 is 5.41. The van der Waals surface area contributed by atoms with Gasteiger partial charge in [0, 0.05) is 13.2 Å². The third kappa shape index (κ3) is 3.16. The van der Waals surface area contributed by atoms with Gasteiger partial charge in [-0.3, -0.25) is 0 Å². The van der Waals surface area contributed by atoms with Crippen LogP contribution >= 0.6 is 0 Å². The Balaban J connectivity index is 1.62. The van der Waals surface area contributed by atoms with Crippen molar-refractivity contribution in [3.05, 3.63) is 0 Å². The molecule has 2 fully saturated rings. The monoisotopic (exact) mass is 213 g/mol. The summed E-state index contributed by atoms with van der Waals surface area (Å²) in [5.41, 5.74) is 0. The number of hydrogen-bond acceptors (Lipinski definition) is 3. The molecule has 2 unspecified atom stereocenters. The molecule has 0 amide bonds. The van der Waals surface area contributed by atoms with E-state index in [0.29, 0.717) is 18.1 Å². The Kier molecular flexibility index (Phi) is 4.00. The highest BCUT2D eigenvalue weighted by Gasteiger charge is 2.28. The summed E-state index contributed by atoms with van der Waals surface area (Å²) >= 11 is 0. The number of aliphatic hydroxyl groups is 1. The SMILES string of the molecule is COC1CCCC(NCC2CC(O)C2)C1. The molecule has 2 rings (SSSR count). The maximum absolute atomic E-state index is 9.19. The minimum atomic E-state index is -0.0186. The summed E-state index contributed by atoms with van der Waals surface area (Å²) in [6.45, 7) is 1.08. The average Bonchev–Trinajstić information content (AvgIpc) is 2.23. The van der Waals surface area contributed by atoms with Crippen LogP contribution in [0.5, 0.6) is 0 Å². The van der Waals surface area contributed by atoms with E-state index in [2.05, 4.69) is 5.32 Å². The molecule has 0 spiro atoms. The van der Waals surface area contributed by atoms with Gasteiger partial charge >= 0.3 is 0 Å². The highest BCUT2D eigenvalue weighted by molar-refractivity contribution is 4.84. The van der Waals surface area contributed by atoms with E-state index < -0.39 is 0 Å². The Morgan fingerprint density at radius 3 is 2.73 bits per heavy atom. The molecule has 3 heteroatoms. The standard InChI is InChI=1S/C12H23NO2/c1-15-12-4-2-3-10(7-12)13-8-9-5-11(14)6-9/h9-14H,2-8H2,1H3. The molecule has 2 aliphatic carbocycles. The quantitative estimate of drug-likeness (QED) is 0.739. The first-order valence-electron chi connectivity index (χ1n) is 6.22. The molecule has 0 aliphatic heterocycles. The summed E-state index contributed by atoms with van der Waals surface area (Å²) in [6, 6.07) is 0.640. The zero-order chi connectivity index (χ0) is 10.7. The molecule has 0 aromatic rings. The van der Waals surface area contributed by atoms with Crippen molar-refractivity contribution in [3.8, 4) is 0 Å². The van der Waals surface area contributed by atoms with Gasteiger partial charge in [0.25, 0.3) is 0 Å². The molecular weight excluding hydrogens is 190 g/mol. The van der Waals surface area contributed by atoms with Crippen LogP contribution in [0.2, 0.25) is 0 Å². The zero-order valence-electron chi connectivity index (χ0n) is 9.61. The van der Waals surface area contributed by atoms with E-state index in [1.54, 1.807) is 0 Å². The lowest BCUT2D eigenvalue weighted by Gasteiger charge is -2.35. The second-order valence-corrected chi connectivity index (χ2v) is 5.12. The van der Waals surface area contributed by atoms with Crippen LogP contribution in [0.3, 0.4) is 0 Å². The molecule has 3 nitrogen and oxygen atoms in total. The molecule has 2 saturated carbocycles. The maximum Gasteiger partial charge on any atom is 0.0586 e. The van der Waals surface area contributed by atoms with Crippen LogP contribution in [0.1, 0.15) is 38.5 Å². The first kappa shape index (κ1) is 11.4. The maximum atomic E-state index is 9.19. The van der Waals surface area contributed by atoms with Gasteiger partial charge in [0.05, 0.1) is 12.2 Å². The Morgan fingerprint density at radius 2 is 2.07 bits per heavy atom. The molecule has 0 aromatic carbocycles. The number of ether oxygens (including phenoxy) is 1. The molecule has 15 heavy (non-hydrogen) atoms. The van der Waals surface area contributed by atoms with Gasteiger partial charge < -0.3 is 15.2 Å². The third-order valence-corrected chi connectivity index (χ3v) is 3.87. The number of methoxy groups -OCH3 is 1. The predicted octanol–water partition coefficient (Wildman–Crippen LogP) is 1.30. The second kappa shape index (κ2) is 5.28. The summed E-state index contributed by atoms with van der Waals surface area (Å²) in [5, 5.41) is 12.8. The van der Waals surface area contributed by atoms with Crippen LogP contribution < -0.4 is 5.32 Å². The Labute approximate surface area is 92.2 Å². The van der Waals surface area contributed by atoms with Crippen molar-refractivity contribution >= 4 is 0 Å². The van der Waals surface area contributed by atoms with Gasteiger partial charge in [-0.25, -0.2) is 0 Å². The highest BCUT2D eigenvalue weighted by atomic mass is 16.5. The van der Waals surface area contributed by atoms with Gasteiger partial charge in [0.2, 0.25) is 0 Å². The van der Waals surface area contributed by atoms with E-state index in [1.807, 2.05) is 7.11 Å². The molecule has 0 heterocycles. The zero-order valence-corrected chi connectivity index (χ0v) is 9.61. The van der Waals surface area contributed by atoms with Crippen molar-refractivity contribution in [1.82, 2.24) is 5.32 Å². The lowest BCUT2D eigenvalue weighted by atomic mass is 9.82. The largest absolute Gasteiger partial charge is 0.393 e. The van der Waals surface area contributed by atoms with E-state index in [0.717, 1.165) is 25.8 Å². The molecule has 0 bridgehead atoms. The minimum absolute atomic E-state index is 0.0186. The lowest BCUT2D eigenvalue weighted by molar-refractivity contribution is 0.0340. The Hall–Kier alpha value is -0.120. The molecule has 88 valence electrons. The van der Waals surface area contributed by atoms with Crippen LogP contribution in [0.4, 0.5) is 0 Å². The van der Waals surface area contributed by atoms with E-state index in [1.165, 1.54) is 19.3 Å². The number of rotatable bonds is 4.